The number of nitrogens with zero attached hydrogens (tertiary/aromatic N) is 2. The SMILES string of the molecule is C=CCn1c(C(NC(=O)Cc2ccccc2)C(C)C)nc2ccc(OC)cc21. The van der Waals surface area contributed by atoms with Gasteiger partial charge in [0.15, 0.2) is 0 Å². The predicted octanol–water partition coefficient (Wildman–Crippen LogP) is 4.29. The maximum atomic E-state index is 12.7. The molecule has 0 spiro atoms. The number of carbonyl (C=O) groups is 1. The number of fused-ring (bicyclic) bond motifs is 1. The van der Waals surface area contributed by atoms with Gasteiger partial charge in [-0.1, -0.05) is 50.3 Å². The van der Waals surface area contributed by atoms with Crippen LogP contribution in [-0.2, 0) is 17.8 Å². The third-order valence-electron chi connectivity index (χ3n) is 4.77. The van der Waals surface area contributed by atoms with Crippen molar-refractivity contribution in [2.45, 2.75) is 32.9 Å². The van der Waals surface area contributed by atoms with Crippen molar-refractivity contribution < 1.29 is 9.53 Å². The van der Waals surface area contributed by atoms with E-state index >= 15 is 0 Å². The van der Waals surface area contributed by atoms with Crippen molar-refractivity contribution in [2.75, 3.05) is 7.11 Å². The van der Waals surface area contributed by atoms with Crippen LogP contribution in [0.4, 0.5) is 0 Å². The number of allylic oxidation sites excluding steroid dienone is 1. The molecule has 146 valence electrons. The van der Waals surface area contributed by atoms with Gasteiger partial charge in [0.1, 0.15) is 11.6 Å². The van der Waals surface area contributed by atoms with E-state index in [1.807, 2.05) is 54.6 Å². The lowest BCUT2D eigenvalue weighted by Gasteiger charge is -2.23. The van der Waals surface area contributed by atoms with E-state index in [-0.39, 0.29) is 17.9 Å². The van der Waals surface area contributed by atoms with E-state index in [0.717, 1.165) is 28.2 Å². The number of amides is 1. The van der Waals surface area contributed by atoms with Gasteiger partial charge < -0.3 is 14.6 Å². The summed E-state index contributed by atoms with van der Waals surface area (Å²) in [6, 6.07) is 15.4. The summed E-state index contributed by atoms with van der Waals surface area (Å²) >= 11 is 0. The van der Waals surface area contributed by atoms with Crippen molar-refractivity contribution in [3.63, 3.8) is 0 Å². The average Bonchev–Trinajstić information content (AvgIpc) is 3.04. The molecular weight excluding hydrogens is 350 g/mol. The molecule has 0 saturated heterocycles. The molecule has 28 heavy (non-hydrogen) atoms. The molecule has 5 nitrogen and oxygen atoms in total. The third-order valence-corrected chi connectivity index (χ3v) is 4.77. The molecule has 1 amide bonds. The highest BCUT2D eigenvalue weighted by atomic mass is 16.5. The largest absolute Gasteiger partial charge is 0.497 e. The predicted molar refractivity (Wildman–Crippen MR) is 112 cm³/mol. The molecule has 1 aromatic heterocycles. The number of methoxy groups -OCH3 is 1. The monoisotopic (exact) mass is 377 g/mol. The lowest BCUT2D eigenvalue weighted by Crippen LogP contribution is -2.34. The van der Waals surface area contributed by atoms with Crippen LogP contribution in [0.2, 0.25) is 0 Å². The van der Waals surface area contributed by atoms with Gasteiger partial charge >= 0.3 is 0 Å². The molecule has 1 N–H and O–H groups in total. The second kappa shape index (κ2) is 8.74. The Balaban J connectivity index is 1.94. The van der Waals surface area contributed by atoms with Crippen LogP contribution in [0.3, 0.4) is 0 Å². The number of hydrogen-bond acceptors (Lipinski definition) is 3. The van der Waals surface area contributed by atoms with E-state index in [0.29, 0.717) is 13.0 Å². The summed E-state index contributed by atoms with van der Waals surface area (Å²) < 4.78 is 7.46. The Morgan fingerprint density at radius 1 is 1.25 bits per heavy atom. The van der Waals surface area contributed by atoms with Crippen molar-refractivity contribution in [1.82, 2.24) is 14.9 Å². The summed E-state index contributed by atoms with van der Waals surface area (Å²) in [4.78, 5) is 17.5. The van der Waals surface area contributed by atoms with Crippen LogP contribution in [0.25, 0.3) is 11.0 Å². The van der Waals surface area contributed by atoms with Gasteiger partial charge in [-0.15, -0.1) is 6.58 Å². The van der Waals surface area contributed by atoms with Crippen LogP contribution in [0.5, 0.6) is 5.75 Å². The van der Waals surface area contributed by atoms with Crippen LogP contribution in [0, 0.1) is 5.92 Å². The molecule has 1 unspecified atom stereocenters. The van der Waals surface area contributed by atoms with E-state index in [2.05, 4.69) is 30.3 Å². The second-order valence-corrected chi connectivity index (χ2v) is 7.18. The van der Waals surface area contributed by atoms with Crippen molar-refractivity contribution in [2.24, 2.45) is 5.92 Å². The van der Waals surface area contributed by atoms with Crippen LogP contribution < -0.4 is 10.1 Å². The maximum Gasteiger partial charge on any atom is 0.225 e. The smallest absolute Gasteiger partial charge is 0.225 e. The molecule has 0 aliphatic rings. The first-order valence-corrected chi connectivity index (χ1v) is 9.51. The summed E-state index contributed by atoms with van der Waals surface area (Å²) in [5.41, 5.74) is 2.84. The first-order valence-electron chi connectivity index (χ1n) is 9.51. The number of rotatable bonds is 8. The summed E-state index contributed by atoms with van der Waals surface area (Å²) in [7, 11) is 1.65. The summed E-state index contributed by atoms with van der Waals surface area (Å²) in [5, 5.41) is 3.18. The van der Waals surface area contributed by atoms with Gasteiger partial charge in [0.2, 0.25) is 5.91 Å². The van der Waals surface area contributed by atoms with Crippen molar-refractivity contribution in [3.8, 4) is 5.75 Å². The highest BCUT2D eigenvalue weighted by Gasteiger charge is 2.25. The normalized spacial score (nSPS) is 12.1. The standard InChI is InChI=1S/C23H27N3O2/c1-5-13-26-20-15-18(28-4)11-12-19(20)24-23(26)22(16(2)3)25-21(27)14-17-9-7-6-8-10-17/h5-12,15-16,22H,1,13-14H2,2-4H3,(H,25,27). The van der Waals surface area contributed by atoms with Gasteiger partial charge in [-0.25, -0.2) is 4.98 Å². The first kappa shape index (κ1) is 19.7. The lowest BCUT2D eigenvalue weighted by molar-refractivity contribution is -0.121. The molecule has 3 aromatic rings. The van der Waals surface area contributed by atoms with Gasteiger partial charge in [0.25, 0.3) is 0 Å². The van der Waals surface area contributed by atoms with Crippen molar-refractivity contribution in [3.05, 3.63) is 72.6 Å². The molecule has 1 heterocycles. The molecule has 3 rings (SSSR count). The molecule has 2 aromatic carbocycles. The fraction of sp³-hybridized carbons (Fsp3) is 0.304. The number of ether oxygens (including phenoxy) is 1. The topological polar surface area (TPSA) is 56.2 Å². The number of aromatic nitrogens is 2. The van der Waals surface area contributed by atoms with Crippen LogP contribution in [0.15, 0.2) is 61.2 Å². The number of nitrogens with one attached hydrogen (secondary N) is 1. The van der Waals surface area contributed by atoms with E-state index in [1.54, 1.807) is 7.11 Å². The summed E-state index contributed by atoms with van der Waals surface area (Å²) in [6.07, 6.45) is 2.19. The minimum Gasteiger partial charge on any atom is -0.497 e. The molecular formula is C23H27N3O2. The van der Waals surface area contributed by atoms with E-state index in [4.69, 9.17) is 9.72 Å². The Hall–Kier alpha value is -3.08. The van der Waals surface area contributed by atoms with Crippen LogP contribution >= 0.6 is 0 Å². The highest BCUT2D eigenvalue weighted by Crippen LogP contribution is 2.28. The van der Waals surface area contributed by atoms with Crippen molar-refractivity contribution in [1.29, 1.82) is 0 Å². The Bertz CT molecular complexity index is 961. The van der Waals surface area contributed by atoms with E-state index in [9.17, 15) is 4.79 Å². The fourth-order valence-corrected chi connectivity index (χ4v) is 3.34. The van der Waals surface area contributed by atoms with Crippen LogP contribution in [-0.4, -0.2) is 22.6 Å². The molecule has 0 fully saturated rings. The quantitative estimate of drug-likeness (QED) is 0.596. The second-order valence-electron chi connectivity index (χ2n) is 7.18. The number of imidazole rings is 1. The fourth-order valence-electron chi connectivity index (χ4n) is 3.34. The third kappa shape index (κ3) is 4.25. The zero-order chi connectivity index (χ0) is 20.1. The van der Waals surface area contributed by atoms with Gasteiger partial charge in [-0.3, -0.25) is 4.79 Å². The Morgan fingerprint density at radius 3 is 2.64 bits per heavy atom. The Labute approximate surface area is 166 Å². The minimum atomic E-state index is -0.199. The first-order chi connectivity index (χ1) is 13.5. The van der Waals surface area contributed by atoms with E-state index in [1.165, 1.54) is 0 Å². The number of hydrogen-bond donors (Lipinski definition) is 1. The van der Waals surface area contributed by atoms with Gasteiger partial charge in [0.05, 0.1) is 30.6 Å². The zero-order valence-electron chi connectivity index (χ0n) is 16.7. The van der Waals surface area contributed by atoms with Gasteiger partial charge in [-0.05, 0) is 23.6 Å². The van der Waals surface area contributed by atoms with Crippen LogP contribution in [0.1, 0.15) is 31.3 Å². The summed E-state index contributed by atoms with van der Waals surface area (Å²) in [6.45, 7) is 8.67. The molecule has 0 aliphatic carbocycles. The number of benzene rings is 2. The Morgan fingerprint density at radius 2 is 2.00 bits per heavy atom. The molecule has 0 bridgehead atoms. The molecule has 1 atom stereocenters. The average molecular weight is 377 g/mol. The maximum absolute atomic E-state index is 12.7. The highest BCUT2D eigenvalue weighted by molar-refractivity contribution is 5.80. The summed E-state index contributed by atoms with van der Waals surface area (Å²) in [5.74, 6) is 1.78. The van der Waals surface area contributed by atoms with Gasteiger partial charge in [-0.2, -0.15) is 0 Å². The number of carbonyl (C=O) groups excluding carboxylic acids is 1. The Kier molecular flexibility index (Phi) is 6.14. The molecule has 0 radical (unpaired) electrons. The van der Waals surface area contributed by atoms with E-state index < -0.39 is 0 Å². The van der Waals surface area contributed by atoms with Crippen molar-refractivity contribution >= 4 is 16.9 Å². The molecule has 5 heteroatoms. The lowest BCUT2D eigenvalue weighted by atomic mass is 10.0. The molecule has 0 saturated carbocycles. The minimum absolute atomic E-state index is 0.0142. The molecule has 0 aliphatic heterocycles. The van der Waals surface area contributed by atoms with Gasteiger partial charge in [0, 0.05) is 12.6 Å². The zero-order valence-corrected chi connectivity index (χ0v) is 16.7.